The smallest absolute Gasteiger partial charge is 0.253 e. The molecule has 8 heteroatoms. The van der Waals surface area contributed by atoms with Crippen molar-refractivity contribution >= 4 is 40.9 Å². The quantitative estimate of drug-likeness (QED) is 0.595. The summed E-state index contributed by atoms with van der Waals surface area (Å²) < 4.78 is 2.04. The average molecular weight is 402 g/mol. The van der Waals surface area contributed by atoms with Crippen LogP contribution in [0.5, 0.6) is 0 Å². The van der Waals surface area contributed by atoms with Crippen molar-refractivity contribution in [2.24, 2.45) is 0 Å². The number of nitrogens with zero attached hydrogens (tertiary/aromatic N) is 2. The van der Waals surface area contributed by atoms with Crippen molar-refractivity contribution in [3.05, 3.63) is 71.2 Å². The van der Waals surface area contributed by atoms with Crippen molar-refractivity contribution < 1.29 is 19.3 Å². The van der Waals surface area contributed by atoms with Crippen molar-refractivity contribution in [1.29, 1.82) is 0 Å². The summed E-state index contributed by atoms with van der Waals surface area (Å²) in [6.45, 7) is 0.758. The number of β-lactam (4-membered cyclic amide) rings is 1. The molecule has 1 aromatic heterocycles. The van der Waals surface area contributed by atoms with Crippen LogP contribution in [-0.4, -0.2) is 33.9 Å². The molecule has 0 spiro atoms. The van der Waals surface area contributed by atoms with Gasteiger partial charge >= 0.3 is 0 Å². The number of hydrogen-bond donors (Lipinski definition) is 1. The number of carboxylic acid groups (broad SMARTS) is 1. The van der Waals surface area contributed by atoms with Crippen LogP contribution < -0.4 is 15.0 Å². The topological polar surface area (TPSA) is 76.3 Å². The maximum Gasteiger partial charge on any atom is 0.253 e. The highest BCUT2D eigenvalue weighted by atomic mass is 35.5. The molecule has 3 heterocycles. The Morgan fingerprint density at radius 2 is 1.96 bits per heavy atom. The Morgan fingerprint density at radius 3 is 2.63 bits per heavy atom. The lowest BCUT2D eigenvalue weighted by atomic mass is 10.0. The number of carbonyl (C=O) groups is 2. The molecule has 2 aromatic rings. The van der Waals surface area contributed by atoms with Gasteiger partial charge in [0.15, 0.2) is 18.9 Å². The highest BCUT2D eigenvalue weighted by Crippen LogP contribution is 2.42. The highest BCUT2D eigenvalue weighted by Gasteiger charge is 2.52. The minimum Gasteiger partial charge on any atom is -0.543 e. The summed E-state index contributed by atoms with van der Waals surface area (Å²) in [6.07, 6.45) is 3.88. The maximum absolute atomic E-state index is 12.4. The SMILES string of the molecule is O=C([O-])C1=C(Cl)CS[C@@H]2[C@H](Nc3cc[n+](Cc4ccccc4)cc3)C(=O)N12. The zero-order chi connectivity index (χ0) is 19.0. The molecule has 2 atom stereocenters. The number of fused-ring (bicyclic) bond motifs is 1. The molecule has 0 radical (unpaired) electrons. The van der Waals surface area contributed by atoms with E-state index in [4.69, 9.17) is 11.6 Å². The van der Waals surface area contributed by atoms with Gasteiger partial charge in [-0.2, -0.15) is 0 Å². The number of aliphatic carboxylic acids is 1. The van der Waals surface area contributed by atoms with Crippen LogP contribution in [0.4, 0.5) is 5.69 Å². The van der Waals surface area contributed by atoms with Gasteiger partial charge in [0.2, 0.25) is 0 Å². The number of pyridine rings is 1. The third-order valence-corrected chi connectivity index (χ3v) is 6.29. The molecule has 6 nitrogen and oxygen atoms in total. The van der Waals surface area contributed by atoms with Gasteiger partial charge in [-0.25, -0.2) is 4.57 Å². The van der Waals surface area contributed by atoms with Crippen LogP contribution in [0.3, 0.4) is 0 Å². The fraction of sp³-hybridized carbons (Fsp3) is 0.211. The largest absolute Gasteiger partial charge is 0.543 e. The Hall–Kier alpha value is -2.51. The average Bonchev–Trinajstić information content (AvgIpc) is 2.67. The lowest BCUT2D eigenvalue weighted by Gasteiger charge is -2.50. The van der Waals surface area contributed by atoms with Crippen LogP contribution in [0.25, 0.3) is 0 Å². The third kappa shape index (κ3) is 3.40. The van der Waals surface area contributed by atoms with E-state index in [1.807, 2.05) is 47.3 Å². The van der Waals surface area contributed by atoms with Crippen molar-refractivity contribution in [2.75, 3.05) is 11.1 Å². The molecule has 27 heavy (non-hydrogen) atoms. The molecule has 1 aromatic carbocycles. The van der Waals surface area contributed by atoms with E-state index in [9.17, 15) is 14.7 Å². The number of carboxylic acids is 1. The summed E-state index contributed by atoms with van der Waals surface area (Å²) in [5.74, 6) is -1.38. The number of rotatable bonds is 5. The standard InChI is InChI=1S/C19H16ClN3O3S/c20-14-11-27-18-15(17(24)23(18)16(14)19(25)26)21-13-6-8-22(9-7-13)10-12-4-2-1-3-5-12/h1-9,15,18H,10-11H2,(H,25,26)/t15-,18-/m1/s1. The van der Waals surface area contributed by atoms with Gasteiger partial charge in [0.1, 0.15) is 11.4 Å². The zero-order valence-electron chi connectivity index (χ0n) is 14.2. The zero-order valence-corrected chi connectivity index (χ0v) is 15.7. The Labute approximate surface area is 165 Å². The van der Waals surface area contributed by atoms with E-state index in [1.54, 1.807) is 0 Å². The van der Waals surface area contributed by atoms with Crippen molar-refractivity contribution in [2.45, 2.75) is 18.0 Å². The van der Waals surface area contributed by atoms with Crippen LogP contribution in [0.2, 0.25) is 0 Å². The molecule has 0 unspecified atom stereocenters. The van der Waals surface area contributed by atoms with Gasteiger partial charge in [-0.3, -0.25) is 9.69 Å². The van der Waals surface area contributed by atoms with Gasteiger partial charge in [0.05, 0.1) is 16.7 Å². The molecule has 0 bridgehead atoms. The van der Waals surface area contributed by atoms with Crippen molar-refractivity contribution in [3.63, 3.8) is 0 Å². The normalized spacial score (nSPS) is 21.5. The molecule has 2 aliphatic rings. The second-order valence-electron chi connectivity index (χ2n) is 6.32. The molecule has 2 aliphatic heterocycles. The van der Waals surface area contributed by atoms with Crippen LogP contribution >= 0.6 is 23.4 Å². The summed E-state index contributed by atoms with van der Waals surface area (Å²) >= 11 is 7.38. The van der Waals surface area contributed by atoms with E-state index in [0.717, 1.165) is 12.2 Å². The Kier molecular flexibility index (Phi) is 4.80. The Morgan fingerprint density at radius 1 is 1.26 bits per heavy atom. The first kappa shape index (κ1) is 17.9. The number of hydrogen-bond acceptors (Lipinski definition) is 5. The number of nitrogens with one attached hydrogen (secondary N) is 1. The molecular formula is C19H16ClN3O3S. The van der Waals surface area contributed by atoms with E-state index < -0.39 is 12.0 Å². The molecular weight excluding hydrogens is 386 g/mol. The molecule has 1 amide bonds. The number of amides is 1. The molecule has 0 aliphatic carbocycles. The van der Waals surface area contributed by atoms with Gasteiger partial charge in [0, 0.05) is 29.1 Å². The fourth-order valence-electron chi connectivity index (χ4n) is 3.20. The number of anilines is 1. The first-order chi connectivity index (χ1) is 13.0. The van der Waals surface area contributed by atoms with Gasteiger partial charge < -0.3 is 15.2 Å². The third-order valence-electron chi connectivity index (χ3n) is 4.54. The number of halogens is 1. The van der Waals surface area contributed by atoms with Gasteiger partial charge in [-0.1, -0.05) is 41.9 Å². The number of aromatic nitrogens is 1. The summed E-state index contributed by atoms with van der Waals surface area (Å²) in [7, 11) is 0. The first-order valence-electron chi connectivity index (χ1n) is 8.39. The van der Waals surface area contributed by atoms with Crippen LogP contribution in [0.15, 0.2) is 65.6 Å². The van der Waals surface area contributed by atoms with Crippen LogP contribution in [0, 0.1) is 0 Å². The molecule has 138 valence electrons. The minimum atomic E-state index is -1.42. The minimum absolute atomic E-state index is 0.143. The number of benzene rings is 1. The van der Waals surface area contributed by atoms with Gasteiger partial charge in [0.25, 0.3) is 5.91 Å². The lowest BCUT2D eigenvalue weighted by Crippen LogP contribution is -2.68. The second kappa shape index (κ2) is 7.25. The second-order valence-corrected chi connectivity index (χ2v) is 7.88. The van der Waals surface area contributed by atoms with E-state index in [0.29, 0.717) is 5.75 Å². The predicted octanol–water partition coefficient (Wildman–Crippen LogP) is 0.918. The summed E-state index contributed by atoms with van der Waals surface area (Å²) in [4.78, 5) is 24.9. The summed E-state index contributed by atoms with van der Waals surface area (Å²) in [6, 6.07) is 13.4. The monoisotopic (exact) mass is 401 g/mol. The molecule has 1 N–H and O–H groups in total. The van der Waals surface area contributed by atoms with E-state index in [2.05, 4.69) is 17.4 Å². The maximum atomic E-state index is 12.4. The molecule has 1 fully saturated rings. The summed E-state index contributed by atoms with van der Waals surface area (Å²) in [5, 5.41) is 14.3. The van der Waals surface area contributed by atoms with E-state index >= 15 is 0 Å². The Balaban J connectivity index is 1.43. The van der Waals surface area contributed by atoms with Crippen molar-refractivity contribution in [3.8, 4) is 0 Å². The number of carbonyl (C=O) groups excluding carboxylic acids is 2. The number of thioether (sulfide) groups is 1. The highest BCUT2D eigenvalue weighted by molar-refractivity contribution is 8.00. The fourth-order valence-corrected chi connectivity index (χ4v) is 4.75. The molecule has 0 saturated carbocycles. The van der Waals surface area contributed by atoms with E-state index in [1.165, 1.54) is 22.2 Å². The Bertz CT molecular complexity index is 918. The van der Waals surface area contributed by atoms with Gasteiger partial charge in [-0.15, -0.1) is 11.8 Å². The molecule has 1 saturated heterocycles. The summed E-state index contributed by atoms with van der Waals surface area (Å²) in [5.41, 5.74) is 1.79. The first-order valence-corrected chi connectivity index (χ1v) is 9.81. The predicted molar refractivity (Wildman–Crippen MR) is 101 cm³/mol. The van der Waals surface area contributed by atoms with E-state index in [-0.39, 0.29) is 22.0 Å². The van der Waals surface area contributed by atoms with Crippen LogP contribution in [0.1, 0.15) is 5.56 Å². The lowest BCUT2D eigenvalue weighted by molar-refractivity contribution is -0.688. The molecule has 4 rings (SSSR count). The van der Waals surface area contributed by atoms with Crippen molar-refractivity contribution in [1.82, 2.24) is 4.90 Å². The van der Waals surface area contributed by atoms with Crippen LogP contribution in [-0.2, 0) is 16.1 Å². The van der Waals surface area contributed by atoms with Gasteiger partial charge in [-0.05, 0) is 0 Å².